The van der Waals surface area contributed by atoms with E-state index < -0.39 is 17.6 Å². The zero-order valence-corrected chi connectivity index (χ0v) is 11.6. The third kappa shape index (κ3) is 3.62. The summed E-state index contributed by atoms with van der Waals surface area (Å²) in [6.07, 6.45) is -4.47. The maximum atomic E-state index is 13.0. The predicted octanol–water partition coefficient (Wildman–Crippen LogP) is 4.64. The average Bonchev–Trinajstić information content (AvgIpc) is 2.37. The number of amides is 1. The van der Waals surface area contributed by atoms with Crippen molar-refractivity contribution in [2.45, 2.75) is 20.0 Å². The van der Waals surface area contributed by atoms with Crippen molar-refractivity contribution >= 4 is 11.6 Å². The minimum Gasteiger partial charge on any atom is -0.326 e. The first-order chi connectivity index (χ1) is 9.77. The van der Waals surface area contributed by atoms with Gasteiger partial charge in [0.1, 0.15) is 0 Å². The summed E-state index contributed by atoms with van der Waals surface area (Å²) in [5.74, 6) is -0.412. The van der Waals surface area contributed by atoms with Crippen LogP contribution in [0.4, 0.5) is 18.9 Å². The lowest BCUT2D eigenvalue weighted by Crippen LogP contribution is -2.10. The molecule has 0 fully saturated rings. The van der Waals surface area contributed by atoms with Crippen LogP contribution in [0, 0.1) is 6.92 Å². The Bertz CT molecular complexity index is 677. The highest BCUT2D eigenvalue weighted by Gasteiger charge is 2.31. The third-order valence-electron chi connectivity index (χ3n) is 3.04. The standard InChI is InChI=1S/C16H14F3NO/c1-10-5-3-4-6-15(10)12-7-13(16(17,18)19)9-14(8-12)20-11(2)21/h3-9H,1-2H3,(H,20,21). The molecule has 21 heavy (non-hydrogen) atoms. The topological polar surface area (TPSA) is 29.1 Å². The lowest BCUT2D eigenvalue weighted by atomic mass is 9.98. The van der Waals surface area contributed by atoms with Gasteiger partial charge in [-0.05, 0) is 41.8 Å². The Labute approximate surface area is 120 Å². The maximum Gasteiger partial charge on any atom is 0.416 e. The number of anilines is 1. The van der Waals surface area contributed by atoms with Crippen LogP contribution in [0.5, 0.6) is 0 Å². The van der Waals surface area contributed by atoms with Gasteiger partial charge in [0.15, 0.2) is 0 Å². The van der Waals surface area contributed by atoms with E-state index in [9.17, 15) is 18.0 Å². The number of hydrogen-bond acceptors (Lipinski definition) is 1. The number of carbonyl (C=O) groups is 1. The summed E-state index contributed by atoms with van der Waals surface area (Å²) in [4.78, 5) is 11.1. The second-order valence-corrected chi connectivity index (χ2v) is 4.79. The molecule has 0 aliphatic heterocycles. The molecule has 110 valence electrons. The van der Waals surface area contributed by atoms with Gasteiger partial charge < -0.3 is 5.32 Å². The Morgan fingerprint density at radius 2 is 1.76 bits per heavy atom. The first kappa shape index (κ1) is 15.1. The van der Waals surface area contributed by atoms with Gasteiger partial charge in [-0.2, -0.15) is 13.2 Å². The van der Waals surface area contributed by atoms with Crippen molar-refractivity contribution in [1.82, 2.24) is 0 Å². The summed E-state index contributed by atoms with van der Waals surface area (Å²) in [5.41, 5.74) is 1.34. The van der Waals surface area contributed by atoms with E-state index in [-0.39, 0.29) is 5.69 Å². The molecule has 0 aromatic heterocycles. The van der Waals surface area contributed by atoms with Crippen molar-refractivity contribution in [1.29, 1.82) is 0 Å². The highest BCUT2D eigenvalue weighted by atomic mass is 19.4. The highest BCUT2D eigenvalue weighted by Crippen LogP contribution is 2.35. The smallest absolute Gasteiger partial charge is 0.326 e. The minimum absolute atomic E-state index is 0.135. The van der Waals surface area contributed by atoms with E-state index in [0.717, 1.165) is 17.7 Å². The zero-order valence-electron chi connectivity index (χ0n) is 11.6. The van der Waals surface area contributed by atoms with Crippen molar-refractivity contribution in [3.63, 3.8) is 0 Å². The first-order valence-electron chi connectivity index (χ1n) is 6.33. The van der Waals surface area contributed by atoms with E-state index in [2.05, 4.69) is 5.32 Å². The molecule has 0 heterocycles. The number of aryl methyl sites for hydroxylation is 1. The fraction of sp³-hybridized carbons (Fsp3) is 0.188. The van der Waals surface area contributed by atoms with Gasteiger partial charge in [0.25, 0.3) is 0 Å². The molecule has 2 aromatic rings. The van der Waals surface area contributed by atoms with Gasteiger partial charge in [0.2, 0.25) is 5.91 Å². The number of halogens is 3. The van der Waals surface area contributed by atoms with E-state index >= 15 is 0 Å². The molecule has 0 saturated heterocycles. The molecule has 1 amide bonds. The van der Waals surface area contributed by atoms with Crippen LogP contribution in [0.1, 0.15) is 18.1 Å². The molecule has 0 bridgehead atoms. The summed E-state index contributed by atoms with van der Waals surface area (Å²) in [6.45, 7) is 3.08. The van der Waals surface area contributed by atoms with E-state index in [0.29, 0.717) is 11.1 Å². The third-order valence-corrected chi connectivity index (χ3v) is 3.04. The van der Waals surface area contributed by atoms with Crippen LogP contribution in [0.3, 0.4) is 0 Å². The van der Waals surface area contributed by atoms with E-state index in [4.69, 9.17) is 0 Å². The van der Waals surface area contributed by atoms with Crippen LogP contribution in [0.15, 0.2) is 42.5 Å². The normalized spacial score (nSPS) is 11.3. The molecule has 0 radical (unpaired) electrons. The summed E-state index contributed by atoms with van der Waals surface area (Å²) in [7, 11) is 0. The number of carbonyl (C=O) groups excluding carboxylic acids is 1. The van der Waals surface area contributed by atoms with Gasteiger partial charge in [-0.25, -0.2) is 0 Å². The summed E-state index contributed by atoms with van der Waals surface area (Å²) >= 11 is 0. The van der Waals surface area contributed by atoms with Crippen molar-refractivity contribution in [2.24, 2.45) is 0 Å². The fourth-order valence-electron chi connectivity index (χ4n) is 2.12. The summed E-state index contributed by atoms with van der Waals surface area (Å²) in [5, 5.41) is 2.41. The van der Waals surface area contributed by atoms with Gasteiger partial charge in [-0.1, -0.05) is 24.3 Å². The van der Waals surface area contributed by atoms with Crippen LogP contribution < -0.4 is 5.32 Å². The molecule has 1 N–H and O–H groups in total. The lowest BCUT2D eigenvalue weighted by molar-refractivity contribution is -0.137. The molecule has 2 nitrogen and oxygen atoms in total. The number of hydrogen-bond donors (Lipinski definition) is 1. The molecular formula is C16H14F3NO. The molecule has 0 aliphatic carbocycles. The van der Waals surface area contributed by atoms with Crippen LogP contribution in [-0.4, -0.2) is 5.91 Å². The molecule has 2 rings (SSSR count). The Morgan fingerprint density at radius 3 is 2.33 bits per heavy atom. The predicted molar refractivity (Wildman–Crippen MR) is 75.9 cm³/mol. The van der Waals surface area contributed by atoms with Gasteiger partial charge in [-0.3, -0.25) is 4.79 Å². The van der Waals surface area contributed by atoms with E-state index in [1.807, 2.05) is 19.1 Å². The zero-order chi connectivity index (χ0) is 15.6. The van der Waals surface area contributed by atoms with E-state index in [1.54, 1.807) is 18.2 Å². The first-order valence-corrected chi connectivity index (χ1v) is 6.33. The summed E-state index contributed by atoms with van der Waals surface area (Å²) in [6, 6.07) is 10.7. The largest absolute Gasteiger partial charge is 0.416 e. The second-order valence-electron chi connectivity index (χ2n) is 4.79. The van der Waals surface area contributed by atoms with Gasteiger partial charge >= 0.3 is 6.18 Å². The quantitative estimate of drug-likeness (QED) is 0.858. The van der Waals surface area contributed by atoms with Gasteiger partial charge in [0.05, 0.1) is 5.56 Å². The van der Waals surface area contributed by atoms with Crippen molar-refractivity contribution < 1.29 is 18.0 Å². The maximum absolute atomic E-state index is 13.0. The average molecular weight is 293 g/mol. The molecule has 5 heteroatoms. The number of alkyl halides is 3. The Kier molecular flexibility index (Phi) is 4.02. The van der Waals surface area contributed by atoms with Crippen molar-refractivity contribution in [2.75, 3.05) is 5.32 Å². The molecule has 2 aromatic carbocycles. The molecule has 0 spiro atoms. The lowest BCUT2D eigenvalue weighted by Gasteiger charge is -2.14. The molecular weight excluding hydrogens is 279 g/mol. The van der Waals surface area contributed by atoms with Crippen molar-refractivity contribution in [3.05, 3.63) is 53.6 Å². The fourth-order valence-corrected chi connectivity index (χ4v) is 2.12. The summed E-state index contributed by atoms with van der Waals surface area (Å²) < 4.78 is 39.0. The van der Waals surface area contributed by atoms with E-state index in [1.165, 1.54) is 6.92 Å². The minimum atomic E-state index is -4.47. The number of rotatable bonds is 2. The molecule has 0 atom stereocenters. The number of nitrogens with one attached hydrogen (secondary N) is 1. The van der Waals surface area contributed by atoms with Crippen LogP contribution in [0.2, 0.25) is 0 Å². The van der Waals surface area contributed by atoms with Gasteiger partial charge in [0, 0.05) is 12.6 Å². The van der Waals surface area contributed by atoms with Crippen LogP contribution in [-0.2, 0) is 11.0 Å². The Balaban J connectivity index is 2.60. The Hall–Kier alpha value is -2.30. The Morgan fingerprint density at radius 1 is 1.10 bits per heavy atom. The molecule has 0 unspecified atom stereocenters. The molecule has 0 saturated carbocycles. The highest BCUT2D eigenvalue weighted by molar-refractivity contribution is 5.90. The van der Waals surface area contributed by atoms with Gasteiger partial charge in [-0.15, -0.1) is 0 Å². The second kappa shape index (κ2) is 5.60. The molecule has 0 aliphatic rings. The van der Waals surface area contributed by atoms with Crippen LogP contribution >= 0.6 is 0 Å². The van der Waals surface area contributed by atoms with Crippen LogP contribution in [0.25, 0.3) is 11.1 Å². The monoisotopic (exact) mass is 293 g/mol. The van der Waals surface area contributed by atoms with Crippen molar-refractivity contribution in [3.8, 4) is 11.1 Å². The SMILES string of the molecule is CC(=O)Nc1cc(-c2ccccc2C)cc(C(F)(F)F)c1. The number of benzene rings is 2.